The highest BCUT2D eigenvalue weighted by molar-refractivity contribution is 5.67. The van der Waals surface area contributed by atoms with Crippen LogP contribution >= 0.6 is 0 Å². The van der Waals surface area contributed by atoms with Crippen LogP contribution in [0.3, 0.4) is 0 Å². The standard InChI is InChI=1S/C9H15N5O2.C2H6O/c1-2-5(15)4-3-11-7-6(12-4)8(16)14-9(10)13-7;1-2-3/h4-5,12,15H,2-3H2,1H3,(H4,10,11,13,14,16);3H,2H2,1H3. The van der Waals surface area contributed by atoms with E-state index in [2.05, 4.69) is 20.6 Å². The summed E-state index contributed by atoms with van der Waals surface area (Å²) in [5, 5.41) is 23.2. The van der Waals surface area contributed by atoms with Crippen molar-refractivity contribution in [1.82, 2.24) is 9.97 Å². The molecule has 19 heavy (non-hydrogen) atoms. The number of aliphatic hydroxyl groups excluding tert-OH is 2. The summed E-state index contributed by atoms with van der Waals surface area (Å²) in [6.45, 7) is 4.32. The minimum atomic E-state index is -0.502. The van der Waals surface area contributed by atoms with Crippen molar-refractivity contribution >= 4 is 17.5 Å². The predicted molar refractivity (Wildman–Crippen MR) is 74.2 cm³/mol. The summed E-state index contributed by atoms with van der Waals surface area (Å²) in [4.78, 5) is 17.9. The van der Waals surface area contributed by atoms with Gasteiger partial charge in [-0.15, -0.1) is 0 Å². The number of nitrogen functional groups attached to an aromatic ring is 1. The first kappa shape index (κ1) is 15.3. The number of nitrogens with two attached hydrogens (primary N) is 1. The quantitative estimate of drug-likeness (QED) is 0.419. The topological polar surface area (TPSA) is 136 Å². The van der Waals surface area contributed by atoms with Gasteiger partial charge in [-0.25, -0.2) is 0 Å². The molecule has 8 heteroatoms. The maximum Gasteiger partial charge on any atom is 0.277 e. The normalized spacial score (nSPS) is 18.2. The van der Waals surface area contributed by atoms with E-state index in [4.69, 9.17) is 10.8 Å². The molecule has 0 fully saturated rings. The number of H-pyrrole nitrogens is 1. The molecule has 2 unspecified atom stereocenters. The fraction of sp³-hybridized carbons (Fsp3) is 0.636. The molecular weight excluding hydrogens is 250 g/mol. The lowest BCUT2D eigenvalue weighted by Crippen LogP contribution is -2.44. The number of fused-ring (bicyclic) bond motifs is 1. The van der Waals surface area contributed by atoms with Gasteiger partial charge in [-0.3, -0.25) is 9.78 Å². The zero-order valence-corrected chi connectivity index (χ0v) is 11.1. The first-order chi connectivity index (χ1) is 9.03. The van der Waals surface area contributed by atoms with E-state index >= 15 is 0 Å². The Morgan fingerprint density at radius 1 is 1.53 bits per heavy atom. The molecule has 2 atom stereocenters. The Bertz CT molecular complexity index is 462. The summed E-state index contributed by atoms with van der Waals surface area (Å²) in [5.74, 6) is 0.508. The van der Waals surface area contributed by atoms with Crippen LogP contribution in [0.1, 0.15) is 20.3 Å². The monoisotopic (exact) mass is 271 g/mol. The molecule has 0 bridgehead atoms. The maximum atomic E-state index is 11.6. The Hall–Kier alpha value is -1.80. The fourth-order valence-corrected chi connectivity index (χ4v) is 1.71. The second kappa shape index (κ2) is 6.95. The van der Waals surface area contributed by atoms with Crippen LogP contribution in [-0.2, 0) is 0 Å². The van der Waals surface area contributed by atoms with Crippen molar-refractivity contribution in [2.24, 2.45) is 0 Å². The van der Waals surface area contributed by atoms with Gasteiger partial charge in [0.1, 0.15) is 5.69 Å². The lowest BCUT2D eigenvalue weighted by atomic mass is 10.1. The average Bonchev–Trinajstić information content (AvgIpc) is 2.38. The summed E-state index contributed by atoms with van der Waals surface area (Å²) in [5.41, 5.74) is 5.42. The first-order valence-electron chi connectivity index (χ1n) is 6.22. The van der Waals surface area contributed by atoms with Crippen LogP contribution in [0.4, 0.5) is 17.5 Å². The molecule has 2 rings (SSSR count). The number of nitrogens with one attached hydrogen (secondary N) is 3. The Morgan fingerprint density at radius 2 is 2.16 bits per heavy atom. The first-order valence-corrected chi connectivity index (χ1v) is 6.22. The van der Waals surface area contributed by atoms with E-state index in [1.54, 1.807) is 6.92 Å². The van der Waals surface area contributed by atoms with Gasteiger partial charge >= 0.3 is 0 Å². The third-order valence-corrected chi connectivity index (χ3v) is 2.64. The molecule has 0 spiro atoms. The van der Waals surface area contributed by atoms with Gasteiger partial charge in [-0.1, -0.05) is 6.92 Å². The van der Waals surface area contributed by atoms with E-state index in [-0.39, 0.29) is 24.2 Å². The Balaban J connectivity index is 0.000000550. The molecule has 0 saturated heterocycles. The highest BCUT2D eigenvalue weighted by Gasteiger charge is 2.25. The van der Waals surface area contributed by atoms with Crippen LogP contribution < -0.4 is 21.9 Å². The summed E-state index contributed by atoms with van der Waals surface area (Å²) >= 11 is 0. The van der Waals surface area contributed by atoms with E-state index in [0.29, 0.717) is 24.5 Å². The molecule has 0 saturated carbocycles. The molecule has 8 nitrogen and oxygen atoms in total. The van der Waals surface area contributed by atoms with Crippen LogP contribution in [0, 0.1) is 0 Å². The molecule has 0 aliphatic carbocycles. The summed E-state index contributed by atoms with van der Waals surface area (Å²) in [6, 6.07) is -0.191. The van der Waals surface area contributed by atoms with Crippen molar-refractivity contribution in [3.8, 4) is 0 Å². The number of hydrogen-bond donors (Lipinski definition) is 6. The van der Waals surface area contributed by atoms with Crippen molar-refractivity contribution in [3.63, 3.8) is 0 Å². The van der Waals surface area contributed by atoms with Gasteiger partial charge < -0.3 is 26.6 Å². The van der Waals surface area contributed by atoms with Gasteiger partial charge in [0.05, 0.1) is 12.1 Å². The van der Waals surface area contributed by atoms with Crippen molar-refractivity contribution in [2.75, 3.05) is 29.5 Å². The molecule has 0 radical (unpaired) electrons. The van der Waals surface area contributed by atoms with Gasteiger partial charge in [0.15, 0.2) is 5.82 Å². The van der Waals surface area contributed by atoms with E-state index < -0.39 is 6.10 Å². The highest BCUT2D eigenvalue weighted by atomic mass is 16.3. The fourth-order valence-electron chi connectivity index (χ4n) is 1.71. The van der Waals surface area contributed by atoms with Gasteiger partial charge in [0.25, 0.3) is 5.56 Å². The molecule has 1 aliphatic rings. The van der Waals surface area contributed by atoms with Crippen LogP contribution in [0.15, 0.2) is 4.79 Å². The molecule has 1 aromatic heterocycles. The van der Waals surface area contributed by atoms with Crippen LogP contribution in [0.25, 0.3) is 0 Å². The Morgan fingerprint density at radius 3 is 2.74 bits per heavy atom. The molecule has 7 N–H and O–H groups in total. The smallest absolute Gasteiger partial charge is 0.277 e. The minimum absolute atomic E-state index is 0.0764. The average molecular weight is 271 g/mol. The van der Waals surface area contributed by atoms with Gasteiger partial charge in [-0.2, -0.15) is 4.98 Å². The number of aromatic amines is 1. The van der Waals surface area contributed by atoms with Gasteiger partial charge in [0, 0.05) is 13.2 Å². The van der Waals surface area contributed by atoms with E-state index in [1.807, 2.05) is 6.92 Å². The number of aromatic nitrogens is 2. The Labute approximate surface area is 111 Å². The number of anilines is 3. The van der Waals surface area contributed by atoms with Crippen molar-refractivity contribution in [2.45, 2.75) is 32.4 Å². The zero-order valence-electron chi connectivity index (χ0n) is 11.1. The molecule has 2 heterocycles. The van der Waals surface area contributed by atoms with E-state index in [9.17, 15) is 9.90 Å². The summed E-state index contributed by atoms with van der Waals surface area (Å²) in [6.07, 6.45) is 0.118. The highest BCUT2D eigenvalue weighted by Crippen LogP contribution is 2.21. The Kier molecular flexibility index (Phi) is 5.58. The molecular formula is C11H21N5O3. The largest absolute Gasteiger partial charge is 0.397 e. The molecule has 0 amide bonds. The second-order valence-corrected chi connectivity index (χ2v) is 4.10. The lowest BCUT2D eigenvalue weighted by Gasteiger charge is -2.29. The van der Waals surface area contributed by atoms with E-state index in [1.165, 1.54) is 0 Å². The maximum absolute atomic E-state index is 11.6. The van der Waals surface area contributed by atoms with Crippen molar-refractivity contribution < 1.29 is 10.2 Å². The van der Waals surface area contributed by atoms with Crippen LogP contribution in [-0.4, -0.2) is 45.5 Å². The number of aliphatic hydroxyl groups is 2. The molecule has 1 aromatic rings. The van der Waals surface area contributed by atoms with Gasteiger partial charge in [0.2, 0.25) is 5.95 Å². The van der Waals surface area contributed by atoms with Crippen LogP contribution in [0.2, 0.25) is 0 Å². The third kappa shape index (κ3) is 3.83. The summed E-state index contributed by atoms with van der Waals surface area (Å²) in [7, 11) is 0. The van der Waals surface area contributed by atoms with Gasteiger partial charge in [-0.05, 0) is 13.3 Å². The lowest BCUT2D eigenvalue weighted by molar-refractivity contribution is 0.151. The SMILES string of the molecule is CCC(O)C1CNc2nc(N)[nH]c(=O)c2N1.CCO. The third-order valence-electron chi connectivity index (χ3n) is 2.64. The molecule has 1 aliphatic heterocycles. The minimum Gasteiger partial charge on any atom is -0.397 e. The van der Waals surface area contributed by atoms with Crippen molar-refractivity contribution in [3.05, 3.63) is 10.4 Å². The number of nitrogens with zero attached hydrogens (tertiary/aromatic N) is 1. The molecule has 108 valence electrons. The zero-order chi connectivity index (χ0) is 14.4. The predicted octanol–water partition coefficient (Wildman–Crippen LogP) is -0.672. The summed E-state index contributed by atoms with van der Waals surface area (Å²) < 4.78 is 0. The van der Waals surface area contributed by atoms with Crippen LogP contribution in [0.5, 0.6) is 0 Å². The number of hydrogen-bond acceptors (Lipinski definition) is 7. The van der Waals surface area contributed by atoms with Crippen molar-refractivity contribution in [1.29, 1.82) is 0 Å². The molecule has 0 aromatic carbocycles. The second-order valence-electron chi connectivity index (χ2n) is 4.10. The van der Waals surface area contributed by atoms with E-state index in [0.717, 1.165) is 0 Å². The number of rotatable bonds is 2.